The molecule has 1 saturated heterocycles. The standard InChI is InChI=1S/C45H49N3O9S/c1-29-28-44(2,3)47(21-22-55-6)37-27-39-34(26-33(29)37)31(23-38(56-39)30-13-9-7-10-14-30)24-40-45(4,5)35-25-32(58(52,53)54)16-17-36(35)46(40)20-12-8-11-15-43(51)57-48-41(49)18-19-42(48)50/h7,9-10,13-14,16-17,23-28H,8,11-12,15,18-22H2,1-6H3. The molecular weight excluding hydrogens is 759 g/mol. The highest BCUT2D eigenvalue weighted by Gasteiger charge is 2.45. The van der Waals surface area contributed by atoms with Crippen molar-refractivity contribution in [1.82, 2.24) is 5.06 Å². The fraction of sp³-hybridized carbons (Fsp3) is 0.378. The molecular formula is C45H49N3O9S. The zero-order chi connectivity index (χ0) is 41.6. The Hall–Kier alpha value is -5.37. The van der Waals surface area contributed by atoms with Gasteiger partial charge < -0.3 is 23.8 Å². The summed E-state index contributed by atoms with van der Waals surface area (Å²) in [6.45, 7) is 12.3. The van der Waals surface area contributed by atoms with Crippen molar-refractivity contribution in [1.29, 1.82) is 0 Å². The zero-order valence-electron chi connectivity index (χ0n) is 33.8. The Morgan fingerprint density at radius 3 is 2.38 bits per heavy atom. The number of nitrogens with zero attached hydrogens (tertiary/aromatic N) is 3. The molecule has 0 aliphatic carbocycles. The lowest BCUT2D eigenvalue weighted by Gasteiger charge is -2.43. The molecule has 4 aliphatic heterocycles. The van der Waals surface area contributed by atoms with Gasteiger partial charge in [0.05, 0.1) is 22.5 Å². The van der Waals surface area contributed by atoms with E-state index < -0.39 is 33.3 Å². The largest absolute Gasteiger partial charge is 0.744 e. The van der Waals surface area contributed by atoms with Crippen LogP contribution in [0.2, 0.25) is 0 Å². The van der Waals surface area contributed by atoms with Crippen molar-refractivity contribution in [2.45, 2.75) is 89.0 Å². The number of hydrogen-bond acceptors (Lipinski definition) is 10. The monoisotopic (exact) mass is 807 g/mol. The van der Waals surface area contributed by atoms with Crippen molar-refractivity contribution in [3.05, 3.63) is 101 Å². The lowest BCUT2D eigenvalue weighted by molar-refractivity contribution is -0.438. The van der Waals surface area contributed by atoms with Crippen molar-refractivity contribution in [2.24, 2.45) is 0 Å². The molecule has 0 radical (unpaired) electrons. The fourth-order valence-electron chi connectivity index (χ4n) is 8.42. The number of rotatable bonds is 13. The number of carbonyl (C=O) groups is 3. The third-order valence-corrected chi connectivity index (χ3v) is 12.2. The minimum Gasteiger partial charge on any atom is -0.744 e. The first-order valence-electron chi connectivity index (χ1n) is 19.6. The van der Waals surface area contributed by atoms with Gasteiger partial charge in [-0.25, -0.2) is 13.2 Å². The van der Waals surface area contributed by atoms with Crippen LogP contribution in [0.5, 0.6) is 5.75 Å². The van der Waals surface area contributed by atoms with Crippen LogP contribution in [0, 0.1) is 0 Å². The lowest BCUT2D eigenvalue weighted by Crippen LogP contribution is -2.46. The number of fused-ring (bicyclic) bond motifs is 3. The van der Waals surface area contributed by atoms with E-state index in [-0.39, 0.29) is 29.7 Å². The molecule has 0 aromatic heterocycles. The number of unbranched alkanes of at least 4 members (excludes halogenated alkanes) is 2. The number of anilines is 1. The molecule has 4 aliphatic rings. The van der Waals surface area contributed by atoms with E-state index in [1.165, 1.54) is 12.1 Å². The van der Waals surface area contributed by atoms with E-state index in [9.17, 15) is 27.4 Å². The van der Waals surface area contributed by atoms with Gasteiger partial charge in [-0.1, -0.05) is 36.4 Å². The van der Waals surface area contributed by atoms with Gasteiger partial charge in [0.15, 0.2) is 5.71 Å². The average Bonchev–Trinajstić information content (AvgIpc) is 3.59. The van der Waals surface area contributed by atoms with Gasteiger partial charge in [-0.05, 0) is 82.9 Å². The van der Waals surface area contributed by atoms with Gasteiger partial charge in [-0.3, -0.25) is 9.59 Å². The highest BCUT2D eigenvalue weighted by molar-refractivity contribution is 7.85. The fourth-order valence-corrected chi connectivity index (χ4v) is 8.91. The zero-order valence-corrected chi connectivity index (χ0v) is 34.6. The van der Waals surface area contributed by atoms with Crippen molar-refractivity contribution in [2.75, 3.05) is 31.7 Å². The quantitative estimate of drug-likeness (QED) is 0.0747. The number of imide groups is 1. The molecule has 0 atom stereocenters. The molecule has 3 aromatic carbocycles. The summed E-state index contributed by atoms with van der Waals surface area (Å²) in [7, 11) is -3.02. The van der Waals surface area contributed by atoms with Crippen LogP contribution in [0.15, 0.2) is 83.8 Å². The van der Waals surface area contributed by atoms with Gasteiger partial charge in [-0.15, -0.1) is 5.06 Å². The normalized spacial score (nSPS) is 18.8. The van der Waals surface area contributed by atoms with E-state index >= 15 is 0 Å². The Morgan fingerprint density at radius 1 is 0.966 bits per heavy atom. The molecule has 3 aromatic rings. The van der Waals surface area contributed by atoms with E-state index in [0.717, 1.165) is 44.9 Å². The van der Waals surface area contributed by atoms with Gasteiger partial charge in [0, 0.05) is 85.5 Å². The maximum atomic E-state index is 12.5. The molecule has 58 heavy (non-hydrogen) atoms. The molecule has 4 heterocycles. The van der Waals surface area contributed by atoms with Crippen LogP contribution in [-0.2, 0) is 39.5 Å². The summed E-state index contributed by atoms with van der Waals surface area (Å²) in [4.78, 5) is 43.4. The van der Waals surface area contributed by atoms with Crippen LogP contribution >= 0.6 is 0 Å². The molecule has 7 rings (SSSR count). The molecule has 0 saturated carbocycles. The van der Waals surface area contributed by atoms with Crippen molar-refractivity contribution in [3.8, 4) is 5.75 Å². The Kier molecular flexibility index (Phi) is 11.1. The molecule has 2 amide bonds. The number of hydrogen-bond donors (Lipinski definition) is 0. The lowest BCUT2D eigenvalue weighted by atomic mass is 9.80. The topological polar surface area (TPSA) is 146 Å². The Morgan fingerprint density at radius 2 is 1.69 bits per heavy atom. The summed E-state index contributed by atoms with van der Waals surface area (Å²) in [5.74, 6) is -0.304. The van der Waals surface area contributed by atoms with Gasteiger partial charge in [-0.2, -0.15) is 4.58 Å². The summed E-state index contributed by atoms with van der Waals surface area (Å²) < 4.78 is 51.1. The van der Waals surface area contributed by atoms with Crippen LogP contribution in [-0.4, -0.2) is 78.4 Å². The molecule has 1 fully saturated rings. The maximum Gasteiger partial charge on any atom is 0.333 e. The summed E-state index contributed by atoms with van der Waals surface area (Å²) in [5, 5.41) is 0.564. The third kappa shape index (κ3) is 7.90. The number of carbonyl (C=O) groups excluding carboxylic acids is 3. The van der Waals surface area contributed by atoms with Crippen LogP contribution in [0.1, 0.15) is 95.4 Å². The van der Waals surface area contributed by atoms with Crippen molar-refractivity contribution in [3.63, 3.8) is 0 Å². The highest BCUT2D eigenvalue weighted by Crippen LogP contribution is 2.48. The van der Waals surface area contributed by atoms with Crippen molar-refractivity contribution >= 4 is 61.9 Å². The van der Waals surface area contributed by atoms with E-state index in [1.807, 2.05) is 50.3 Å². The number of hydroxylamine groups is 2. The smallest absolute Gasteiger partial charge is 0.333 e. The minimum atomic E-state index is -4.72. The molecule has 304 valence electrons. The van der Waals surface area contributed by atoms with Gasteiger partial charge in [0.25, 0.3) is 11.8 Å². The molecule has 0 N–H and O–H groups in total. The summed E-state index contributed by atoms with van der Waals surface area (Å²) in [6.07, 6.45) is 8.29. The van der Waals surface area contributed by atoms with E-state index in [4.69, 9.17) is 14.3 Å². The molecule has 0 unspecified atom stereocenters. The average molecular weight is 808 g/mol. The summed E-state index contributed by atoms with van der Waals surface area (Å²) in [6, 6.07) is 18.7. The second kappa shape index (κ2) is 15.8. The SMILES string of the molecule is COCCN1c2cc3c(cc2C(C)=CC1(C)C)/C(=C/C1=[N+](CCCCCC(=O)ON2C(=O)CCC2=O)c2ccc(S(=O)(=O)[O-])cc2C1(C)C)C=C(c1ccccc1)O3. The maximum absolute atomic E-state index is 12.5. The predicted molar refractivity (Wildman–Crippen MR) is 219 cm³/mol. The molecule has 12 nitrogen and oxygen atoms in total. The van der Waals surface area contributed by atoms with Crippen molar-refractivity contribution < 1.29 is 46.2 Å². The predicted octanol–water partition coefficient (Wildman–Crippen LogP) is 7.30. The number of benzene rings is 3. The highest BCUT2D eigenvalue weighted by atomic mass is 32.2. The molecule has 0 bridgehead atoms. The van der Waals surface area contributed by atoms with Gasteiger partial charge >= 0.3 is 5.97 Å². The number of ether oxygens (including phenoxy) is 2. The second-order valence-corrected chi connectivity index (χ2v) is 17.6. The van der Waals surface area contributed by atoms with Gasteiger partial charge in [0.2, 0.25) is 5.69 Å². The van der Waals surface area contributed by atoms with Gasteiger partial charge in [0.1, 0.15) is 28.2 Å². The number of allylic oxidation sites excluding steroid dienone is 4. The van der Waals surface area contributed by atoms with E-state index in [1.54, 1.807) is 13.2 Å². The number of amides is 2. The Labute approximate surface area is 339 Å². The number of methoxy groups -OCH3 is 1. The third-order valence-electron chi connectivity index (χ3n) is 11.4. The summed E-state index contributed by atoms with van der Waals surface area (Å²) >= 11 is 0. The van der Waals surface area contributed by atoms with Crippen LogP contribution in [0.3, 0.4) is 0 Å². The first-order chi connectivity index (χ1) is 27.5. The van der Waals surface area contributed by atoms with Crippen LogP contribution < -0.4 is 9.64 Å². The second-order valence-electron chi connectivity index (χ2n) is 16.2. The van der Waals surface area contributed by atoms with Crippen LogP contribution in [0.4, 0.5) is 11.4 Å². The Bertz CT molecular complexity index is 2410. The van der Waals surface area contributed by atoms with E-state index in [2.05, 4.69) is 54.5 Å². The van der Waals surface area contributed by atoms with E-state index in [0.29, 0.717) is 61.1 Å². The first kappa shape index (κ1) is 40.8. The van der Waals surface area contributed by atoms with Crippen LogP contribution in [0.25, 0.3) is 16.9 Å². The Balaban J connectivity index is 1.29. The molecule has 0 spiro atoms. The summed E-state index contributed by atoms with van der Waals surface area (Å²) in [5.41, 5.74) is 7.36. The first-order valence-corrected chi connectivity index (χ1v) is 21.0. The minimum absolute atomic E-state index is 0.0314. The molecule has 13 heteroatoms.